The molecule has 7 heteroatoms. The third-order valence-corrected chi connectivity index (χ3v) is 8.68. The highest BCUT2D eigenvalue weighted by molar-refractivity contribution is 5.91. The largest absolute Gasteiger partial charge is 0.481 e. The Labute approximate surface area is 204 Å². The predicted molar refractivity (Wildman–Crippen MR) is 129 cm³/mol. The van der Waals surface area contributed by atoms with Crippen LogP contribution in [0.15, 0.2) is 48.5 Å². The smallest absolute Gasteiger partial charge is 0.408 e. The van der Waals surface area contributed by atoms with Gasteiger partial charge < -0.3 is 20.1 Å². The molecule has 1 atom stereocenters. The Morgan fingerprint density at radius 1 is 0.943 bits per heavy atom. The molecule has 1 unspecified atom stereocenters. The number of hydrogen-bond donors (Lipinski definition) is 2. The average Bonchev–Trinajstić information content (AvgIpc) is 3.19. The summed E-state index contributed by atoms with van der Waals surface area (Å²) in [6.07, 6.45) is 3.90. The molecule has 35 heavy (non-hydrogen) atoms. The van der Waals surface area contributed by atoms with E-state index >= 15 is 0 Å². The summed E-state index contributed by atoms with van der Waals surface area (Å²) in [5.41, 5.74) is 3.32. The minimum atomic E-state index is -1.01. The van der Waals surface area contributed by atoms with Gasteiger partial charge in [0.15, 0.2) is 0 Å². The molecule has 1 spiro atoms. The Balaban J connectivity index is 1.16. The minimum absolute atomic E-state index is 0.0481. The van der Waals surface area contributed by atoms with Crippen LogP contribution in [0.3, 0.4) is 0 Å². The van der Waals surface area contributed by atoms with Crippen LogP contribution in [0.5, 0.6) is 0 Å². The third-order valence-electron chi connectivity index (χ3n) is 8.68. The molecule has 2 amide bonds. The van der Waals surface area contributed by atoms with E-state index in [0.717, 1.165) is 47.9 Å². The van der Waals surface area contributed by atoms with Crippen LogP contribution >= 0.6 is 0 Å². The molecule has 3 fully saturated rings. The fourth-order valence-corrected chi connectivity index (χ4v) is 6.63. The van der Waals surface area contributed by atoms with Crippen molar-refractivity contribution < 1.29 is 24.2 Å². The summed E-state index contributed by atoms with van der Waals surface area (Å²) in [5, 5.41) is 12.6. The number of carbonyl (C=O) groups is 3. The lowest BCUT2D eigenvalue weighted by atomic mass is 9.93. The van der Waals surface area contributed by atoms with Crippen LogP contribution in [0.4, 0.5) is 4.79 Å². The molecular weight excluding hydrogens is 444 g/mol. The summed E-state index contributed by atoms with van der Waals surface area (Å²) in [4.78, 5) is 40.1. The number of benzene rings is 2. The van der Waals surface area contributed by atoms with Gasteiger partial charge in [0, 0.05) is 24.4 Å². The number of ether oxygens (including phenoxy) is 1. The fourth-order valence-electron chi connectivity index (χ4n) is 6.63. The lowest BCUT2D eigenvalue weighted by Gasteiger charge is -2.33. The van der Waals surface area contributed by atoms with E-state index in [9.17, 15) is 19.5 Å². The van der Waals surface area contributed by atoms with E-state index in [2.05, 4.69) is 29.6 Å². The molecule has 2 aromatic rings. The standard InChI is InChI=1S/C28H30N2O5/c31-24(32)23-15-30(17-27(23)13-14-27)25(33)28(11-5-6-12-28)29-26(34)35-16-22-20-9-3-1-7-18(20)19-8-2-4-10-21(19)22/h1-4,7-10,22-23H,5-6,11-17H2,(H,29,34)(H,31,32). The normalized spacial score (nSPS) is 23.1. The first kappa shape index (κ1) is 22.1. The van der Waals surface area contributed by atoms with Gasteiger partial charge in [0.1, 0.15) is 12.1 Å². The van der Waals surface area contributed by atoms with Gasteiger partial charge in [-0.15, -0.1) is 0 Å². The Bertz CT molecular complexity index is 1150. The lowest BCUT2D eigenvalue weighted by Crippen LogP contribution is -2.58. The van der Waals surface area contributed by atoms with Crippen LogP contribution in [-0.2, 0) is 14.3 Å². The number of carboxylic acid groups (broad SMARTS) is 1. The lowest BCUT2D eigenvalue weighted by molar-refractivity contribution is -0.143. The van der Waals surface area contributed by atoms with Gasteiger partial charge in [-0.05, 0) is 47.9 Å². The van der Waals surface area contributed by atoms with Crippen molar-refractivity contribution in [2.45, 2.75) is 50.0 Å². The fraction of sp³-hybridized carbons (Fsp3) is 0.464. The second-order valence-corrected chi connectivity index (χ2v) is 10.7. The molecule has 0 radical (unpaired) electrons. The van der Waals surface area contributed by atoms with E-state index in [0.29, 0.717) is 19.4 Å². The molecule has 182 valence electrons. The van der Waals surface area contributed by atoms with Crippen molar-refractivity contribution in [1.29, 1.82) is 0 Å². The first-order valence-electron chi connectivity index (χ1n) is 12.6. The molecule has 2 aromatic carbocycles. The number of amides is 2. The van der Waals surface area contributed by atoms with Gasteiger partial charge >= 0.3 is 12.1 Å². The number of hydrogen-bond acceptors (Lipinski definition) is 4. The van der Waals surface area contributed by atoms with Crippen molar-refractivity contribution in [2.75, 3.05) is 19.7 Å². The van der Waals surface area contributed by atoms with E-state index in [1.165, 1.54) is 0 Å². The van der Waals surface area contributed by atoms with Gasteiger partial charge in [-0.2, -0.15) is 0 Å². The van der Waals surface area contributed by atoms with Crippen LogP contribution in [0, 0.1) is 11.3 Å². The topological polar surface area (TPSA) is 95.9 Å². The maximum atomic E-state index is 13.6. The van der Waals surface area contributed by atoms with Crippen molar-refractivity contribution in [3.8, 4) is 11.1 Å². The van der Waals surface area contributed by atoms with Crippen molar-refractivity contribution in [2.24, 2.45) is 11.3 Å². The SMILES string of the molecule is O=C(NC1(C(=O)N2CC(C(=O)O)C3(CC3)C2)CCCC1)OCC1c2ccccc2-c2ccccc21. The van der Waals surface area contributed by atoms with Crippen LogP contribution in [0.1, 0.15) is 55.6 Å². The van der Waals surface area contributed by atoms with E-state index in [-0.39, 0.29) is 30.4 Å². The van der Waals surface area contributed by atoms with Crippen molar-refractivity contribution >= 4 is 18.0 Å². The zero-order valence-corrected chi connectivity index (χ0v) is 19.7. The van der Waals surface area contributed by atoms with Crippen LogP contribution in [-0.4, -0.2) is 53.2 Å². The Morgan fingerprint density at radius 2 is 1.54 bits per heavy atom. The second kappa shape index (κ2) is 8.11. The summed E-state index contributed by atoms with van der Waals surface area (Å²) in [5.74, 6) is -1.55. The molecular formula is C28H30N2O5. The number of nitrogens with zero attached hydrogens (tertiary/aromatic N) is 1. The summed E-state index contributed by atoms with van der Waals surface area (Å²) >= 11 is 0. The van der Waals surface area contributed by atoms with E-state index in [1.54, 1.807) is 4.90 Å². The highest BCUT2D eigenvalue weighted by Gasteiger charge is 2.60. The molecule has 6 rings (SSSR count). The summed E-state index contributed by atoms with van der Waals surface area (Å²) < 4.78 is 5.74. The number of likely N-dealkylation sites (tertiary alicyclic amines) is 1. The molecule has 1 saturated heterocycles. The van der Waals surface area contributed by atoms with E-state index < -0.39 is 23.5 Å². The number of aliphatic carboxylic acids is 1. The van der Waals surface area contributed by atoms with Gasteiger partial charge in [-0.1, -0.05) is 61.4 Å². The van der Waals surface area contributed by atoms with Gasteiger partial charge in [0.2, 0.25) is 5.91 Å². The number of nitrogens with one attached hydrogen (secondary N) is 1. The zero-order valence-electron chi connectivity index (χ0n) is 19.7. The van der Waals surface area contributed by atoms with Gasteiger partial charge in [0.25, 0.3) is 0 Å². The summed E-state index contributed by atoms with van der Waals surface area (Å²) in [6, 6.07) is 16.3. The number of rotatable bonds is 5. The van der Waals surface area contributed by atoms with Crippen molar-refractivity contribution in [3.63, 3.8) is 0 Å². The minimum Gasteiger partial charge on any atom is -0.481 e. The maximum absolute atomic E-state index is 13.6. The third kappa shape index (κ3) is 3.60. The molecule has 2 saturated carbocycles. The number of alkyl carbamates (subject to hydrolysis) is 1. The molecule has 1 aliphatic heterocycles. The van der Waals surface area contributed by atoms with Crippen LogP contribution in [0.25, 0.3) is 11.1 Å². The highest BCUT2D eigenvalue weighted by Crippen LogP contribution is 2.56. The predicted octanol–water partition coefficient (Wildman–Crippen LogP) is 4.16. The van der Waals surface area contributed by atoms with Crippen molar-refractivity contribution in [3.05, 3.63) is 59.7 Å². The Morgan fingerprint density at radius 3 is 2.09 bits per heavy atom. The molecule has 3 aliphatic carbocycles. The van der Waals surface area contributed by atoms with Gasteiger partial charge in [-0.25, -0.2) is 4.79 Å². The van der Waals surface area contributed by atoms with E-state index in [1.807, 2.05) is 24.3 Å². The second-order valence-electron chi connectivity index (χ2n) is 10.7. The first-order valence-corrected chi connectivity index (χ1v) is 12.6. The summed E-state index contributed by atoms with van der Waals surface area (Å²) in [7, 11) is 0. The monoisotopic (exact) mass is 474 g/mol. The van der Waals surface area contributed by atoms with Crippen LogP contribution < -0.4 is 5.32 Å². The number of carbonyl (C=O) groups excluding carboxylic acids is 2. The van der Waals surface area contributed by atoms with Crippen molar-refractivity contribution in [1.82, 2.24) is 10.2 Å². The highest BCUT2D eigenvalue weighted by atomic mass is 16.5. The quantitative estimate of drug-likeness (QED) is 0.678. The molecule has 0 bridgehead atoms. The first-order chi connectivity index (χ1) is 16.9. The number of carboxylic acids is 1. The molecule has 2 N–H and O–H groups in total. The Hall–Kier alpha value is -3.35. The van der Waals surface area contributed by atoms with Gasteiger partial charge in [0.05, 0.1) is 5.92 Å². The molecule has 0 aromatic heterocycles. The zero-order chi connectivity index (χ0) is 24.2. The van der Waals surface area contributed by atoms with Crippen LogP contribution in [0.2, 0.25) is 0 Å². The average molecular weight is 475 g/mol. The number of fused-ring (bicyclic) bond motifs is 3. The molecule has 7 nitrogen and oxygen atoms in total. The summed E-state index contributed by atoms with van der Waals surface area (Å²) in [6.45, 7) is 0.886. The molecule has 1 heterocycles. The van der Waals surface area contributed by atoms with Gasteiger partial charge in [-0.3, -0.25) is 9.59 Å². The van der Waals surface area contributed by atoms with E-state index in [4.69, 9.17) is 4.74 Å². The maximum Gasteiger partial charge on any atom is 0.408 e. The Kier molecular flexibility index (Phi) is 5.13. The molecule has 4 aliphatic rings.